The lowest BCUT2D eigenvalue weighted by atomic mass is 9.88. The fourth-order valence-corrected chi connectivity index (χ4v) is 2.82. The van der Waals surface area contributed by atoms with E-state index in [-0.39, 0.29) is 11.6 Å². The highest BCUT2D eigenvalue weighted by atomic mass is 19.2. The maximum absolute atomic E-state index is 13.9. The quantitative estimate of drug-likeness (QED) is 0.863. The second-order valence-corrected chi connectivity index (χ2v) is 5.69. The van der Waals surface area contributed by atoms with Crippen molar-refractivity contribution in [2.45, 2.75) is 51.2 Å². The Morgan fingerprint density at radius 3 is 2.85 bits per heavy atom. The van der Waals surface area contributed by atoms with Crippen molar-refractivity contribution in [2.75, 3.05) is 13.2 Å². The number of rotatable bonds is 6. The van der Waals surface area contributed by atoms with Gasteiger partial charge in [-0.15, -0.1) is 0 Å². The molecule has 2 unspecified atom stereocenters. The number of halogens is 2. The van der Waals surface area contributed by atoms with Crippen LogP contribution in [0.5, 0.6) is 0 Å². The second-order valence-electron chi connectivity index (χ2n) is 5.69. The van der Waals surface area contributed by atoms with Crippen LogP contribution in [0.2, 0.25) is 0 Å². The first kappa shape index (κ1) is 15.4. The fraction of sp³-hybridized carbons (Fsp3) is 0.625. The zero-order valence-electron chi connectivity index (χ0n) is 12.2. The van der Waals surface area contributed by atoms with Crippen LogP contribution in [0.15, 0.2) is 18.2 Å². The maximum atomic E-state index is 13.9. The molecule has 0 amide bonds. The van der Waals surface area contributed by atoms with Crippen molar-refractivity contribution in [3.8, 4) is 0 Å². The van der Waals surface area contributed by atoms with Crippen LogP contribution in [0.25, 0.3) is 0 Å². The van der Waals surface area contributed by atoms with Crippen molar-refractivity contribution in [1.82, 2.24) is 5.32 Å². The third-order valence-electron chi connectivity index (χ3n) is 4.08. The van der Waals surface area contributed by atoms with E-state index in [1.54, 1.807) is 12.1 Å². The van der Waals surface area contributed by atoms with Crippen molar-refractivity contribution in [3.63, 3.8) is 0 Å². The van der Waals surface area contributed by atoms with E-state index in [1.165, 1.54) is 0 Å². The van der Waals surface area contributed by atoms with Crippen LogP contribution in [-0.4, -0.2) is 24.8 Å². The monoisotopic (exact) mass is 283 g/mol. The SMILES string of the molecule is CCCNC(Cc1cccc(F)c1F)C1(C)CCCO1. The van der Waals surface area contributed by atoms with Gasteiger partial charge in [-0.05, 0) is 50.8 Å². The van der Waals surface area contributed by atoms with Gasteiger partial charge in [0.25, 0.3) is 0 Å². The Labute approximate surface area is 119 Å². The first-order chi connectivity index (χ1) is 9.57. The van der Waals surface area contributed by atoms with Gasteiger partial charge in [0.15, 0.2) is 11.6 Å². The van der Waals surface area contributed by atoms with Crippen molar-refractivity contribution in [2.24, 2.45) is 0 Å². The molecule has 1 aliphatic rings. The maximum Gasteiger partial charge on any atom is 0.162 e. The van der Waals surface area contributed by atoms with Gasteiger partial charge in [0, 0.05) is 12.6 Å². The average Bonchev–Trinajstić information content (AvgIpc) is 2.87. The van der Waals surface area contributed by atoms with Gasteiger partial charge < -0.3 is 10.1 Å². The van der Waals surface area contributed by atoms with E-state index >= 15 is 0 Å². The van der Waals surface area contributed by atoms with E-state index in [9.17, 15) is 8.78 Å². The molecule has 20 heavy (non-hydrogen) atoms. The van der Waals surface area contributed by atoms with E-state index < -0.39 is 11.6 Å². The standard InChI is InChI=1S/C16H23F2NO/c1-3-9-19-14(16(2)8-5-10-20-16)11-12-6-4-7-13(17)15(12)18/h4,6-7,14,19H,3,5,8-11H2,1-2H3. The molecule has 0 spiro atoms. The summed E-state index contributed by atoms with van der Waals surface area (Å²) in [6, 6.07) is 4.36. The minimum absolute atomic E-state index is 0.00116. The first-order valence-electron chi connectivity index (χ1n) is 7.37. The summed E-state index contributed by atoms with van der Waals surface area (Å²) in [6.07, 6.45) is 3.41. The molecule has 0 radical (unpaired) electrons. The lowest BCUT2D eigenvalue weighted by Crippen LogP contribution is -2.50. The predicted octanol–water partition coefficient (Wildman–Crippen LogP) is 3.44. The second kappa shape index (κ2) is 6.64. The van der Waals surface area contributed by atoms with Crippen molar-refractivity contribution in [1.29, 1.82) is 0 Å². The summed E-state index contributed by atoms with van der Waals surface area (Å²) in [5.41, 5.74) is 0.115. The Balaban J connectivity index is 2.16. The Bertz CT molecular complexity index is 444. The largest absolute Gasteiger partial charge is 0.374 e. The van der Waals surface area contributed by atoms with Crippen LogP contribution in [0.4, 0.5) is 8.78 Å². The first-order valence-corrected chi connectivity index (χ1v) is 7.37. The van der Waals surface area contributed by atoms with Crippen LogP contribution in [0, 0.1) is 11.6 Å². The summed E-state index contributed by atoms with van der Waals surface area (Å²) in [5.74, 6) is -1.52. The molecule has 1 aromatic rings. The summed E-state index contributed by atoms with van der Waals surface area (Å²) in [5, 5.41) is 3.43. The van der Waals surface area contributed by atoms with Crippen LogP contribution in [0.3, 0.4) is 0 Å². The van der Waals surface area contributed by atoms with Crippen molar-refractivity contribution in [3.05, 3.63) is 35.4 Å². The smallest absolute Gasteiger partial charge is 0.162 e. The summed E-state index contributed by atoms with van der Waals surface area (Å²) in [4.78, 5) is 0. The Morgan fingerprint density at radius 1 is 1.40 bits per heavy atom. The molecule has 1 aromatic carbocycles. The molecule has 2 rings (SSSR count). The lowest BCUT2D eigenvalue weighted by Gasteiger charge is -2.34. The molecule has 0 aromatic heterocycles. The molecule has 1 saturated heterocycles. The van der Waals surface area contributed by atoms with Gasteiger partial charge in [-0.2, -0.15) is 0 Å². The van der Waals surface area contributed by atoms with Crippen LogP contribution >= 0.6 is 0 Å². The Morgan fingerprint density at radius 2 is 2.20 bits per heavy atom. The molecule has 1 heterocycles. The molecule has 0 saturated carbocycles. The lowest BCUT2D eigenvalue weighted by molar-refractivity contribution is -0.0116. The van der Waals surface area contributed by atoms with Gasteiger partial charge in [0.1, 0.15) is 0 Å². The summed E-state index contributed by atoms with van der Waals surface area (Å²) >= 11 is 0. The van der Waals surface area contributed by atoms with Gasteiger partial charge in [-0.1, -0.05) is 19.1 Å². The van der Waals surface area contributed by atoms with Gasteiger partial charge in [-0.3, -0.25) is 0 Å². The third kappa shape index (κ3) is 3.36. The molecule has 0 bridgehead atoms. The van der Waals surface area contributed by atoms with Crippen LogP contribution in [0.1, 0.15) is 38.7 Å². The predicted molar refractivity (Wildman–Crippen MR) is 75.7 cm³/mol. The van der Waals surface area contributed by atoms with Crippen molar-refractivity contribution < 1.29 is 13.5 Å². The number of benzene rings is 1. The molecule has 1 N–H and O–H groups in total. The van der Waals surface area contributed by atoms with Crippen LogP contribution < -0.4 is 5.32 Å². The summed E-state index contributed by atoms with van der Waals surface area (Å²) < 4.78 is 33.0. The molecule has 0 aliphatic carbocycles. The Kier molecular flexibility index (Phi) is 5.11. The summed E-state index contributed by atoms with van der Waals surface area (Å²) in [6.45, 7) is 5.74. The molecule has 112 valence electrons. The number of hydrogen-bond acceptors (Lipinski definition) is 2. The highest BCUT2D eigenvalue weighted by Gasteiger charge is 2.38. The molecule has 2 nitrogen and oxygen atoms in total. The van der Waals surface area contributed by atoms with Crippen LogP contribution in [-0.2, 0) is 11.2 Å². The van der Waals surface area contributed by atoms with E-state index in [0.717, 1.165) is 38.5 Å². The summed E-state index contributed by atoms with van der Waals surface area (Å²) in [7, 11) is 0. The molecule has 4 heteroatoms. The normalized spacial score (nSPS) is 24.0. The van der Waals surface area contributed by atoms with Gasteiger partial charge >= 0.3 is 0 Å². The molecule has 1 fully saturated rings. The highest BCUT2D eigenvalue weighted by Crippen LogP contribution is 2.31. The minimum Gasteiger partial charge on any atom is -0.374 e. The number of ether oxygens (including phenoxy) is 1. The van der Waals surface area contributed by atoms with Gasteiger partial charge in [0.05, 0.1) is 5.60 Å². The van der Waals surface area contributed by atoms with E-state index in [4.69, 9.17) is 4.74 Å². The Hall–Kier alpha value is -1.00. The molecular weight excluding hydrogens is 260 g/mol. The molecule has 2 atom stereocenters. The van der Waals surface area contributed by atoms with E-state index in [2.05, 4.69) is 19.2 Å². The fourth-order valence-electron chi connectivity index (χ4n) is 2.82. The number of hydrogen-bond donors (Lipinski definition) is 1. The highest BCUT2D eigenvalue weighted by molar-refractivity contribution is 5.21. The number of nitrogens with one attached hydrogen (secondary N) is 1. The molecular formula is C16H23F2NO. The zero-order valence-corrected chi connectivity index (χ0v) is 12.2. The molecule has 1 aliphatic heterocycles. The van der Waals surface area contributed by atoms with E-state index in [0.29, 0.717) is 12.0 Å². The average molecular weight is 283 g/mol. The minimum atomic E-state index is -0.783. The zero-order chi connectivity index (χ0) is 14.6. The topological polar surface area (TPSA) is 21.3 Å². The van der Waals surface area contributed by atoms with Crippen molar-refractivity contribution >= 4 is 0 Å². The van der Waals surface area contributed by atoms with Gasteiger partial charge in [-0.25, -0.2) is 8.78 Å². The van der Waals surface area contributed by atoms with Gasteiger partial charge in [0.2, 0.25) is 0 Å². The van der Waals surface area contributed by atoms with E-state index in [1.807, 2.05) is 0 Å². The third-order valence-corrected chi connectivity index (χ3v) is 4.08.